The third-order valence-corrected chi connectivity index (χ3v) is 10.7. The summed E-state index contributed by atoms with van der Waals surface area (Å²) in [6, 6.07) is 63.2. The van der Waals surface area contributed by atoms with E-state index in [1.54, 1.807) is 0 Å². The van der Waals surface area contributed by atoms with Crippen LogP contribution in [-0.4, -0.2) is 12.1 Å². The van der Waals surface area contributed by atoms with Gasteiger partial charge in [0.05, 0.1) is 33.9 Å². The zero-order valence-electron chi connectivity index (χ0n) is 35.1. The zero-order valence-corrected chi connectivity index (χ0v) is 35.1. The van der Waals surface area contributed by atoms with Gasteiger partial charge >= 0.3 is 0 Å². The molecule has 0 aromatic heterocycles. The van der Waals surface area contributed by atoms with Gasteiger partial charge in [-0.15, -0.1) is 0 Å². The van der Waals surface area contributed by atoms with Crippen LogP contribution < -0.4 is 28.7 Å². The van der Waals surface area contributed by atoms with Crippen molar-refractivity contribution < 1.29 is 18.9 Å². The Kier molecular flexibility index (Phi) is 10.9. The Hall–Kier alpha value is -7.44. The summed E-state index contributed by atoms with van der Waals surface area (Å²) in [6.45, 7) is 11.2. The van der Waals surface area contributed by atoms with Crippen molar-refractivity contribution in [3.63, 3.8) is 0 Å². The SMILES string of the molecule is Cc1cc(-c2c(Oc3ccccc3)cccc2Oc2ccccc2)cc2c1N(C(C)C)c1cc(-c3c(Oc4ccccc4)cccc3Oc3ccccc3)ccc1N2C(C)C. The molecule has 0 atom stereocenters. The molecular weight excluding hydrogens is 753 g/mol. The van der Waals surface area contributed by atoms with Crippen LogP contribution in [0.1, 0.15) is 33.3 Å². The first-order valence-electron chi connectivity index (χ1n) is 20.9. The predicted octanol–water partition coefficient (Wildman–Crippen LogP) is 15.9. The first kappa shape index (κ1) is 39.0. The largest absolute Gasteiger partial charge is 0.457 e. The van der Waals surface area contributed by atoms with Gasteiger partial charge in [-0.25, -0.2) is 0 Å². The lowest BCUT2D eigenvalue weighted by Gasteiger charge is -2.45. The van der Waals surface area contributed by atoms with Crippen molar-refractivity contribution in [3.05, 3.63) is 194 Å². The molecule has 302 valence electrons. The molecule has 0 bridgehead atoms. The molecule has 8 aromatic carbocycles. The maximum atomic E-state index is 6.64. The maximum absolute atomic E-state index is 6.64. The number of hydrogen-bond acceptors (Lipinski definition) is 6. The molecular formula is C55H48N2O4. The van der Waals surface area contributed by atoms with E-state index in [1.807, 2.05) is 158 Å². The summed E-state index contributed by atoms with van der Waals surface area (Å²) in [4.78, 5) is 4.92. The van der Waals surface area contributed by atoms with Crippen LogP contribution in [0, 0.1) is 6.92 Å². The molecule has 61 heavy (non-hydrogen) atoms. The van der Waals surface area contributed by atoms with E-state index < -0.39 is 0 Å². The summed E-state index contributed by atoms with van der Waals surface area (Å²) in [5.74, 6) is 5.84. The van der Waals surface area contributed by atoms with Gasteiger partial charge in [0.25, 0.3) is 0 Å². The third-order valence-electron chi connectivity index (χ3n) is 10.7. The molecule has 0 spiro atoms. The van der Waals surface area contributed by atoms with Gasteiger partial charge in [-0.05, 0) is 148 Å². The standard InChI is InChI=1S/C55H48N2O4/c1-37(2)56-46-33-32-40(53-49(58-42-20-10-6-11-21-42)28-18-29-50(53)59-43-22-12-7-13-23-43)35-47(46)57(38(3)4)55-39(5)34-41(36-48(55)56)54-51(60-44-24-14-8-15-25-44)30-19-31-52(54)61-45-26-16-9-17-27-45/h6-38H,1-5H3. The first-order chi connectivity index (χ1) is 29.8. The number of nitrogens with zero attached hydrogens (tertiary/aromatic N) is 2. The number of hydrogen-bond donors (Lipinski definition) is 0. The quantitative estimate of drug-likeness (QED) is 0.123. The highest BCUT2D eigenvalue weighted by atomic mass is 16.5. The molecule has 0 N–H and O–H groups in total. The van der Waals surface area contributed by atoms with Crippen LogP contribution in [0.2, 0.25) is 0 Å². The number of ether oxygens (including phenoxy) is 4. The van der Waals surface area contributed by atoms with Crippen molar-refractivity contribution in [1.29, 1.82) is 0 Å². The number of rotatable bonds is 12. The minimum Gasteiger partial charge on any atom is -0.457 e. The minimum atomic E-state index is 0.119. The van der Waals surface area contributed by atoms with E-state index in [0.717, 1.165) is 73.6 Å². The fourth-order valence-corrected chi connectivity index (χ4v) is 8.21. The number of anilines is 4. The number of para-hydroxylation sites is 4. The molecule has 0 aliphatic carbocycles. The van der Waals surface area contributed by atoms with Crippen LogP contribution in [0.3, 0.4) is 0 Å². The Morgan fingerprint density at radius 2 is 0.721 bits per heavy atom. The number of fused-ring (bicyclic) bond motifs is 2. The summed E-state index contributed by atoms with van der Waals surface area (Å²) < 4.78 is 26.5. The van der Waals surface area contributed by atoms with Crippen molar-refractivity contribution >= 4 is 22.7 Å². The number of benzene rings is 8. The highest BCUT2D eigenvalue weighted by molar-refractivity contribution is 5.99. The average molecular weight is 801 g/mol. The average Bonchev–Trinajstić information content (AvgIpc) is 3.27. The Bertz CT molecular complexity index is 2650. The van der Waals surface area contributed by atoms with E-state index in [2.05, 4.69) is 74.8 Å². The number of aryl methyl sites for hydroxylation is 1. The maximum Gasteiger partial charge on any atom is 0.139 e. The van der Waals surface area contributed by atoms with Gasteiger partial charge in [0.15, 0.2) is 0 Å². The predicted molar refractivity (Wildman–Crippen MR) is 249 cm³/mol. The van der Waals surface area contributed by atoms with Gasteiger partial charge < -0.3 is 28.7 Å². The van der Waals surface area contributed by atoms with E-state index >= 15 is 0 Å². The topological polar surface area (TPSA) is 43.4 Å². The van der Waals surface area contributed by atoms with Crippen LogP contribution in [0.25, 0.3) is 22.3 Å². The fraction of sp³-hybridized carbons (Fsp3) is 0.127. The minimum absolute atomic E-state index is 0.119. The second-order valence-electron chi connectivity index (χ2n) is 15.7. The Labute approximate surface area is 358 Å². The van der Waals surface area contributed by atoms with Crippen molar-refractivity contribution in [2.24, 2.45) is 0 Å². The molecule has 0 radical (unpaired) electrons. The highest BCUT2D eigenvalue weighted by Crippen LogP contribution is 2.55. The highest BCUT2D eigenvalue weighted by Gasteiger charge is 2.34. The normalized spacial score (nSPS) is 11.9. The van der Waals surface area contributed by atoms with Crippen molar-refractivity contribution in [3.8, 4) is 68.2 Å². The molecule has 8 aromatic rings. The van der Waals surface area contributed by atoms with Crippen LogP contribution in [0.15, 0.2) is 188 Å². The summed E-state index contributed by atoms with van der Waals surface area (Å²) in [5, 5.41) is 0. The molecule has 1 heterocycles. The Morgan fingerprint density at radius 3 is 1.11 bits per heavy atom. The van der Waals surface area contributed by atoms with Gasteiger partial charge in [-0.2, -0.15) is 0 Å². The fourth-order valence-electron chi connectivity index (χ4n) is 8.21. The Morgan fingerprint density at radius 1 is 0.344 bits per heavy atom. The second kappa shape index (κ2) is 17.0. The molecule has 0 saturated carbocycles. The lowest BCUT2D eigenvalue weighted by molar-refractivity contribution is 0.463. The van der Waals surface area contributed by atoms with E-state index in [4.69, 9.17) is 18.9 Å². The van der Waals surface area contributed by atoms with E-state index in [9.17, 15) is 0 Å². The molecule has 6 heteroatoms. The van der Waals surface area contributed by atoms with E-state index in [1.165, 1.54) is 0 Å². The molecule has 1 aliphatic heterocycles. The van der Waals surface area contributed by atoms with Gasteiger partial charge in [-0.1, -0.05) is 91.0 Å². The van der Waals surface area contributed by atoms with Gasteiger partial charge in [0.2, 0.25) is 0 Å². The molecule has 0 saturated heterocycles. The van der Waals surface area contributed by atoms with Gasteiger partial charge in [0.1, 0.15) is 46.0 Å². The van der Waals surface area contributed by atoms with Crippen LogP contribution in [0.5, 0.6) is 46.0 Å². The molecule has 1 aliphatic rings. The second-order valence-corrected chi connectivity index (χ2v) is 15.7. The smallest absolute Gasteiger partial charge is 0.139 e. The zero-order chi connectivity index (χ0) is 41.9. The molecule has 0 fully saturated rings. The monoisotopic (exact) mass is 800 g/mol. The van der Waals surface area contributed by atoms with Crippen LogP contribution >= 0.6 is 0 Å². The lowest BCUT2D eigenvalue weighted by Crippen LogP contribution is -2.37. The molecule has 6 nitrogen and oxygen atoms in total. The molecule has 9 rings (SSSR count). The summed E-state index contributed by atoms with van der Waals surface area (Å²) >= 11 is 0. The van der Waals surface area contributed by atoms with Crippen LogP contribution in [-0.2, 0) is 0 Å². The molecule has 0 amide bonds. The first-order valence-corrected chi connectivity index (χ1v) is 20.9. The van der Waals surface area contributed by atoms with Crippen molar-refractivity contribution in [2.75, 3.05) is 9.80 Å². The van der Waals surface area contributed by atoms with Gasteiger partial charge in [0, 0.05) is 12.1 Å². The van der Waals surface area contributed by atoms with E-state index in [-0.39, 0.29) is 12.1 Å². The Balaban J connectivity index is 1.20. The van der Waals surface area contributed by atoms with Crippen LogP contribution in [0.4, 0.5) is 22.7 Å². The van der Waals surface area contributed by atoms with Gasteiger partial charge in [-0.3, -0.25) is 0 Å². The third kappa shape index (κ3) is 8.00. The molecule has 0 unspecified atom stereocenters. The van der Waals surface area contributed by atoms with E-state index in [0.29, 0.717) is 23.0 Å². The lowest BCUT2D eigenvalue weighted by atomic mass is 9.93. The van der Waals surface area contributed by atoms with Crippen molar-refractivity contribution in [2.45, 2.75) is 46.7 Å². The summed E-state index contributed by atoms with van der Waals surface area (Å²) in [7, 11) is 0. The van der Waals surface area contributed by atoms with Crippen molar-refractivity contribution in [1.82, 2.24) is 0 Å². The summed E-state index contributed by atoms with van der Waals surface area (Å²) in [6.07, 6.45) is 0. The summed E-state index contributed by atoms with van der Waals surface area (Å²) in [5.41, 5.74) is 9.34.